The van der Waals surface area contributed by atoms with E-state index in [2.05, 4.69) is 41.3 Å². The second-order valence-corrected chi connectivity index (χ2v) is 6.70. The summed E-state index contributed by atoms with van der Waals surface area (Å²) in [7, 11) is 2.25. The summed E-state index contributed by atoms with van der Waals surface area (Å²) in [5.41, 5.74) is 2.50. The zero-order valence-corrected chi connectivity index (χ0v) is 12.8. The molecule has 1 aromatic heterocycles. The van der Waals surface area contributed by atoms with Crippen LogP contribution in [-0.2, 0) is 6.54 Å². The Labute approximate surface area is 122 Å². The van der Waals surface area contributed by atoms with E-state index in [1.54, 1.807) is 0 Å². The molecule has 20 heavy (non-hydrogen) atoms. The van der Waals surface area contributed by atoms with Crippen molar-refractivity contribution in [3.8, 4) is 0 Å². The minimum Gasteiger partial charge on any atom is -0.372 e. The summed E-state index contributed by atoms with van der Waals surface area (Å²) in [5.74, 6) is 0.869. The molecule has 0 aliphatic heterocycles. The van der Waals surface area contributed by atoms with Crippen LogP contribution >= 0.6 is 0 Å². The molecule has 3 nitrogen and oxygen atoms in total. The Hall–Kier alpha value is -1.09. The predicted molar refractivity (Wildman–Crippen MR) is 83.9 cm³/mol. The molecule has 0 amide bonds. The highest BCUT2D eigenvalue weighted by Crippen LogP contribution is 2.29. The van der Waals surface area contributed by atoms with Crippen molar-refractivity contribution in [1.29, 1.82) is 0 Å². The molecule has 2 unspecified atom stereocenters. The largest absolute Gasteiger partial charge is 0.372 e. The quantitative estimate of drug-likeness (QED) is 0.891. The van der Waals surface area contributed by atoms with Crippen molar-refractivity contribution in [2.24, 2.45) is 5.92 Å². The van der Waals surface area contributed by atoms with Crippen LogP contribution in [0.25, 0.3) is 0 Å². The topological polar surface area (TPSA) is 28.2 Å². The molecule has 2 aliphatic carbocycles. The molecule has 1 aromatic rings. The molecule has 0 bridgehead atoms. The smallest absolute Gasteiger partial charge is 0.0562 e. The van der Waals surface area contributed by atoms with E-state index in [4.69, 9.17) is 0 Å². The molecule has 0 spiro atoms. The van der Waals surface area contributed by atoms with Crippen LogP contribution in [0.1, 0.15) is 51.1 Å². The van der Waals surface area contributed by atoms with E-state index >= 15 is 0 Å². The van der Waals surface area contributed by atoms with Gasteiger partial charge in [-0.15, -0.1) is 0 Å². The minimum atomic E-state index is 0.699. The first-order valence-corrected chi connectivity index (χ1v) is 8.13. The lowest BCUT2D eigenvalue weighted by Gasteiger charge is -2.35. The third-order valence-electron chi connectivity index (χ3n) is 4.81. The third kappa shape index (κ3) is 3.51. The summed E-state index contributed by atoms with van der Waals surface area (Å²) >= 11 is 0. The van der Waals surface area contributed by atoms with Gasteiger partial charge < -0.3 is 10.2 Å². The summed E-state index contributed by atoms with van der Waals surface area (Å²) in [5, 5.41) is 3.54. The Morgan fingerprint density at radius 1 is 1.30 bits per heavy atom. The van der Waals surface area contributed by atoms with Crippen LogP contribution in [0.4, 0.5) is 5.69 Å². The van der Waals surface area contributed by atoms with E-state index in [1.807, 2.05) is 6.20 Å². The van der Waals surface area contributed by atoms with Crippen molar-refractivity contribution < 1.29 is 0 Å². The monoisotopic (exact) mass is 273 g/mol. The van der Waals surface area contributed by atoms with Gasteiger partial charge >= 0.3 is 0 Å². The second kappa shape index (κ2) is 6.13. The van der Waals surface area contributed by atoms with Gasteiger partial charge in [0, 0.05) is 37.6 Å². The summed E-state index contributed by atoms with van der Waals surface area (Å²) in [6.45, 7) is 3.30. The zero-order valence-electron chi connectivity index (χ0n) is 12.8. The molecule has 0 aromatic carbocycles. The van der Waals surface area contributed by atoms with Gasteiger partial charge in [0.25, 0.3) is 0 Å². The first-order chi connectivity index (χ1) is 9.72. The highest BCUT2D eigenvalue weighted by Gasteiger charge is 2.23. The van der Waals surface area contributed by atoms with Crippen LogP contribution in [0.3, 0.4) is 0 Å². The number of pyridine rings is 1. The van der Waals surface area contributed by atoms with Crippen LogP contribution in [-0.4, -0.2) is 24.1 Å². The van der Waals surface area contributed by atoms with E-state index < -0.39 is 0 Å². The molecule has 2 atom stereocenters. The Balaban J connectivity index is 1.63. The van der Waals surface area contributed by atoms with Gasteiger partial charge in [-0.2, -0.15) is 0 Å². The van der Waals surface area contributed by atoms with Crippen molar-refractivity contribution >= 4 is 5.69 Å². The fraction of sp³-hybridized carbons (Fsp3) is 0.706. The van der Waals surface area contributed by atoms with Gasteiger partial charge in [0.05, 0.1) is 5.69 Å². The standard InChI is InChI=1S/C17H27N3/c1-13-4-3-5-16(10-13)20(2)17-8-9-18-15(11-17)12-19-14-6-7-14/h8-9,11,13-14,16,19H,3-7,10,12H2,1-2H3. The van der Waals surface area contributed by atoms with Crippen molar-refractivity contribution in [1.82, 2.24) is 10.3 Å². The fourth-order valence-electron chi connectivity index (χ4n) is 3.28. The molecule has 1 N–H and O–H groups in total. The third-order valence-corrected chi connectivity index (χ3v) is 4.81. The lowest BCUT2D eigenvalue weighted by atomic mass is 9.86. The molecule has 3 rings (SSSR count). The van der Waals surface area contributed by atoms with Crippen LogP contribution in [0.15, 0.2) is 18.3 Å². The van der Waals surface area contributed by atoms with Crippen molar-refractivity contribution in [2.75, 3.05) is 11.9 Å². The van der Waals surface area contributed by atoms with Gasteiger partial charge in [0.1, 0.15) is 0 Å². The minimum absolute atomic E-state index is 0.699. The number of anilines is 1. The second-order valence-electron chi connectivity index (χ2n) is 6.70. The summed E-state index contributed by atoms with van der Waals surface area (Å²) in [6.07, 6.45) is 10.1. The Kier molecular flexibility index (Phi) is 4.25. The maximum absolute atomic E-state index is 4.49. The van der Waals surface area contributed by atoms with E-state index in [9.17, 15) is 0 Å². The number of aromatic nitrogens is 1. The Bertz CT molecular complexity index is 442. The van der Waals surface area contributed by atoms with E-state index in [-0.39, 0.29) is 0 Å². The number of nitrogens with zero attached hydrogens (tertiary/aromatic N) is 2. The van der Waals surface area contributed by atoms with Crippen molar-refractivity contribution in [3.05, 3.63) is 24.0 Å². The number of hydrogen-bond donors (Lipinski definition) is 1. The molecule has 2 aliphatic rings. The first-order valence-electron chi connectivity index (χ1n) is 8.13. The molecular formula is C17H27N3. The SMILES string of the molecule is CC1CCCC(N(C)c2ccnc(CNC3CC3)c2)C1. The van der Waals surface area contributed by atoms with Gasteiger partial charge in [-0.3, -0.25) is 4.98 Å². The van der Waals surface area contributed by atoms with E-state index in [1.165, 1.54) is 49.9 Å². The maximum Gasteiger partial charge on any atom is 0.0562 e. The van der Waals surface area contributed by atoms with Crippen LogP contribution in [0.2, 0.25) is 0 Å². The van der Waals surface area contributed by atoms with Gasteiger partial charge in [0.2, 0.25) is 0 Å². The predicted octanol–water partition coefficient (Wildman–Crippen LogP) is 3.35. The summed E-state index contributed by atoms with van der Waals surface area (Å²) in [6, 6.07) is 5.86. The van der Waals surface area contributed by atoms with Crippen LogP contribution in [0, 0.1) is 5.92 Å². The molecule has 2 fully saturated rings. The first kappa shape index (κ1) is 13.9. The molecule has 110 valence electrons. The molecule has 2 saturated carbocycles. The Morgan fingerprint density at radius 2 is 2.15 bits per heavy atom. The zero-order chi connectivity index (χ0) is 13.9. The lowest BCUT2D eigenvalue weighted by molar-refractivity contribution is 0.336. The maximum atomic E-state index is 4.49. The van der Waals surface area contributed by atoms with Gasteiger partial charge in [0.15, 0.2) is 0 Å². The highest BCUT2D eigenvalue weighted by atomic mass is 15.1. The van der Waals surface area contributed by atoms with Crippen LogP contribution in [0.5, 0.6) is 0 Å². The summed E-state index contributed by atoms with van der Waals surface area (Å²) < 4.78 is 0. The number of rotatable bonds is 5. The summed E-state index contributed by atoms with van der Waals surface area (Å²) in [4.78, 5) is 6.96. The van der Waals surface area contributed by atoms with E-state index in [0.717, 1.165) is 18.5 Å². The molecule has 3 heteroatoms. The van der Waals surface area contributed by atoms with E-state index in [0.29, 0.717) is 6.04 Å². The highest BCUT2D eigenvalue weighted by molar-refractivity contribution is 5.46. The number of nitrogens with one attached hydrogen (secondary N) is 1. The van der Waals surface area contributed by atoms with Gasteiger partial charge in [-0.25, -0.2) is 0 Å². The van der Waals surface area contributed by atoms with Gasteiger partial charge in [-0.1, -0.05) is 19.8 Å². The molecule has 0 radical (unpaired) electrons. The van der Waals surface area contributed by atoms with Gasteiger partial charge in [-0.05, 0) is 43.7 Å². The normalized spacial score (nSPS) is 26.5. The average Bonchev–Trinajstić information content (AvgIpc) is 3.29. The molecule has 0 saturated heterocycles. The molecular weight excluding hydrogens is 246 g/mol. The van der Waals surface area contributed by atoms with Crippen molar-refractivity contribution in [3.63, 3.8) is 0 Å². The lowest BCUT2D eigenvalue weighted by Crippen LogP contribution is -2.35. The van der Waals surface area contributed by atoms with Crippen LogP contribution < -0.4 is 10.2 Å². The molecule has 1 heterocycles. The fourth-order valence-corrected chi connectivity index (χ4v) is 3.28. The average molecular weight is 273 g/mol. The Morgan fingerprint density at radius 3 is 2.90 bits per heavy atom. The van der Waals surface area contributed by atoms with Crippen molar-refractivity contribution in [2.45, 2.75) is 64.1 Å². The number of hydrogen-bond acceptors (Lipinski definition) is 3.